The zero-order valence-corrected chi connectivity index (χ0v) is 11.1. The number of nitrogens with two attached hydrogens (primary N) is 1. The van der Waals surface area contributed by atoms with Crippen LogP contribution in [0.5, 0.6) is 0 Å². The molecule has 3 heteroatoms. The van der Waals surface area contributed by atoms with E-state index in [9.17, 15) is 4.79 Å². The third kappa shape index (κ3) is 6.11. The van der Waals surface area contributed by atoms with Crippen LogP contribution < -0.4 is 5.73 Å². The molecule has 96 valence electrons. The zero-order valence-electron chi connectivity index (χ0n) is 11.1. The van der Waals surface area contributed by atoms with E-state index < -0.39 is 0 Å². The largest absolute Gasteiger partial charge is 0.374 e. The number of unbranched alkanes of at least 4 members (excludes halogenated alkanes) is 3. The molecule has 0 aliphatic rings. The average molecular weight is 229 g/mol. The first kappa shape index (κ1) is 15.4. The maximum Gasteiger partial charge on any atom is 0.220 e. The highest BCUT2D eigenvalue weighted by Gasteiger charge is 2.28. The molecular formula is C13H27NO2. The molecular weight excluding hydrogens is 202 g/mol. The highest BCUT2D eigenvalue weighted by atomic mass is 16.5. The maximum atomic E-state index is 11.0. The van der Waals surface area contributed by atoms with Crippen LogP contribution in [0.3, 0.4) is 0 Å². The van der Waals surface area contributed by atoms with Crippen molar-refractivity contribution in [2.75, 3.05) is 6.61 Å². The molecule has 0 atom stereocenters. The second-order valence-electron chi connectivity index (χ2n) is 4.44. The minimum atomic E-state index is -0.321. The fourth-order valence-electron chi connectivity index (χ4n) is 1.89. The predicted molar refractivity (Wildman–Crippen MR) is 67.2 cm³/mol. The van der Waals surface area contributed by atoms with Crippen LogP contribution in [0.15, 0.2) is 0 Å². The van der Waals surface area contributed by atoms with Gasteiger partial charge in [-0.3, -0.25) is 4.79 Å². The predicted octanol–water partition coefficient (Wildman–Crippen LogP) is 3.02. The molecule has 0 radical (unpaired) electrons. The van der Waals surface area contributed by atoms with E-state index in [-0.39, 0.29) is 11.5 Å². The number of carbonyl (C=O) groups is 1. The van der Waals surface area contributed by atoms with Gasteiger partial charge in [0, 0.05) is 6.61 Å². The number of amides is 1. The lowest BCUT2D eigenvalue weighted by Crippen LogP contribution is -2.36. The standard InChI is InChI=1S/C13H27NO2/c1-4-7-8-9-10-16-13(5-2,6-3)11-12(14)15/h4-11H2,1-3H3,(H2,14,15). The summed E-state index contributed by atoms with van der Waals surface area (Å²) in [6.07, 6.45) is 6.80. The molecule has 0 aliphatic heterocycles. The van der Waals surface area contributed by atoms with E-state index in [0.717, 1.165) is 25.9 Å². The van der Waals surface area contributed by atoms with Crippen LogP contribution >= 0.6 is 0 Å². The first-order valence-corrected chi connectivity index (χ1v) is 6.52. The molecule has 2 N–H and O–H groups in total. The molecule has 0 heterocycles. The fourth-order valence-corrected chi connectivity index (χ4v) is 1.89. The molecule has 0 bridgehead atoms. The Labute approximate surface area is 99.7 Å². The van der Waals surface area contributed by atoms with E-state index in [1.54, 1.807) is 0 Å². The van der Waals surface area contributed by atoms with E-state index in [4.69, 9.17) is 10.5 Å². The monoisotopic (exact) mass is 229 g/mol. The number of rotatable bonds is 10. The van der Waals surface area contributed by atoms with Crippen LogP contribution in [0, 0.1) is 0 Å². The summed E-state index contributed by atoms with van der Waals surface area (Å²) in [6, 6.07) is 0. The van der Waals surface area contributed by atoms with Gasteiger partial charge >= 0.3 is 0 Å². The van der Waals surface area contributed by atoms with Crippen LogP contribution in [0.2, 0.25) is 0 Å². The van der Waals surface area contributed by atoms with Crippen LogP contribution in [0.4, 0.5) is 0 Å². The smallest absolute Gasteiger partial charge is 0.220 e. The lowest BCUT2D eigenvalue weighted by molar-refractivity contribution is -0.127. The summed E-state index contributed by atoms with van der Waals surface area (Å²) in [5.41, 5.74) is 4.94. The summed E-state index contributed by atoms with van der Waals surface area (Å²) in [5.74, 6) is -0.266. The lowest BCUT2D eigenvalue weighted by Gasteiger charge is -2.30. The normalized spacial score (nSPS) is 11.7. The number of carbonyl (C=O) groups excluding carboxylic acids is 1. The number of hydrogen-bond acceptors (Lipinski definition) is 2. The summed E-state index contributed by atoms with van der Waals surface area (Å²) in [4.78, 5) is 11.0. The summed E-state index contributed by atoms with van der Waals surface area (Å²) in [5, 5.41) is 0. The van der Waals surface area contributed by atoms with Gasteiger partial charge in [-0.15, -0.1) is 0 Å². The van der Waals surface area contributed by atoms with E-state index in [2.05, 4.69) is 20.8 Å². The number of primary amides is 1. The quantitative estimate of drug-likeness (QED) is 0.585. The Balaban J connectivity index is 3.96. The molecule has 0 aliphatic carbocycles. The highest BCUT2D eigenvalue weighted by Crippen LogP contribution is 2.25. The maximum absolute atomic E-state index is 11.0. The van der Waals surface area contributed by atoms with Crippen molar-refractivity contribution in [2.45, 2.75) is 71.3 Å². The van der Waals surface area contributed by atoms with Crippen molar-refractivity contribution in [2.24, 2.45) is 5.73 Å². The number of ether oxygens (including phenoxy) is 1. The van der Waals surface area contributed by atoms with Crippen molar-refractivity contribution in [1.82, 2.24) is 0 Å². The fraction of sp³-hybridized carbons (Fsp3) is 0.923. The second kappa shape index (κ2) is 8.57. The van der Waals surface area contributed by atoms with Gasteiger partial charge in [-0.2, -0.15) is 0 Å². The Morgan fingerprint density at radius 3 is 2.19 bits per heavy atom. The summed E-state index contributed by atoms with van der Waals surface area (Å²) < 4.78 is 5.88. The SMILES string of the molecule is CCCCCCOC(CC)(CC)CC(N)=O. The Bertz CT molecular complexity index is 188. The minimum Gasteiger partial charge on any atom is -0.374 e. The van der Waals surface area contributed by atoms with Crippen LogP contribution in [-0.2, 0) is 9.53 Å². The zero-order chi connectivity index (χ0) is 12.4. The van der Waals surface area contributed by atoms with E-state index in [1.165, 1.54) is 19.3 Å². The van der Waals surface area contributed by atoms with Crippen molar-refractivity contribution in [3.8, 4) is 0 Å². The lowest BCUT2D eigenvalue weighted by atomic mass is 9.92. The van der Waals surface area contributed by atoms with Gasteiger partial charge < -0.3 is 10.5 Å². The second-order valence-corrected chi connectivity index (χ2v) is 4.44. The summed E-state index contributed by atoms with van der Waals surface area (Å²) in [7, 11) is 0. The van der Waals surface area contributed by atoms with Gasteiger partial charge in [0.25, 0.3) is 0 Å². The van der Waals surface area contributed by atoms with E-state index in [1.807, 2.05) is 0 Å². The topological polar surface area (TPSA) is 52.3 Å². The van der Waals surface area contributed by atoms with Crippen molar-refractivity contribution in [3.63, 3.8) is 0 Å². The Morgan fingerprint density at radius 1 is 1.12 bits per heavy atom. The van der Waals surface area contributed by atoms with Crippen molar-refractivity contribution in [1.29, 1.82) is 0 Å². The summed E-state index contributed by atoms with van der Waals surface area (Å²) in [6.45, 7) is 7.04. The van der Waals surface area contributed by atoms with Crippen LogP contribution in [0.25, 0.3) is 0 Å². The third-order valence-electron chi connectivity index (χ3n) is 3.19. The minimum absolute atomic E-state index is 0.266. The molecule has 0 aromatic carbocycles. The molecule has 1 amide bonds. The molecule has 0 saturated carbocycles. The van der Waals surface area contributed by atoms with E-state index >= 15 is 0 Å². The highest BCUT2D eigenvalue weighted by molar-refractivity contribution is 5.74. The molecule has 0 aromatic heterocycles. The first-order valence-electron chi connectivity index (χ1n) is 6.52. The van der Waals surface area contributed by atoms with Gasteiger partial charge in [-0.1, -0.05) is 40.0 Å². The van der Waals surface area contributed by atoms with E-state index in [0.29, 0.717) is 6.42 Å². The molecule has 0 rings (SSSR count). The Hall–Kier alpha value is -0.570. The molecule has 0 fully saturated rings. The average Bonchev–Trinajstić information content (AvgIpc) is 2.26. The Kier molecular flexibility index (Phi) is 8.26. The molecule has 0 unspecified atom stereocenters. The molecule has 0 saturated heterocycles. The van der Waals surface area contributed by atoms with Gasteiger partial charge in [-0.25, -0.2) is 0 Å². The number of hydrogen-bond donors (Lipinski definition) is 1. The van der Waals surface area contributed by atoms with Crippen molar-refractivity contribution in [3.05, 3.63) is 0 Å². The Morgan fingerprint density at radius 2 is 1.75 bits per heavy atom. The van der Waals surface area contributed by atoms with Crippen molar-refractivity contribution < 1.29 is 9.53 Å². The molecule has 0 aromatic rings. The van der Waals surface area contributed by atoms with Gasteiger partial charge in [0.2, 0.25) is 5.91 Å². The third-order valence-corrected chi connectivity index (χ3v) is 3.19. The van der Waals surface area contributed by atoms with Gasteiger partial charge in [0.15, 0.2) is 0 Å². The molecule has 3 nitrogen and oxygen atoms in total. The molecule has 0 spiro atoms. The molecule has 16 heavy (non-hydrogen) atoms. The van der Waals surface area contributed by atoms with Crippen LogP contribution in [-0.4, -0.2) is 18.1 Å². The van der Waals surface area contributed by atoms with Gasteiger partial charge in [0.05, 0.1) is 12.0 Å². The summed E-state index contributed by atoms with van der Waals surface area (Å²) >= 11 is 0. The van der Waals surface area contributed by atoms with Gasteiger partial charge in [0.1, 0.15) is 0 Å². The van der Waals surface area contributed by atoms with Crippen molar-refractivity contribution >= 4 is 5.91 Å². The van der Waals surface area contributed by atoms with Crippen LogP contribution in [0.1, 0.15) is 65.7 Å². The first-order chi connectivity index (χ1) is 7.60. The van der Waals surface area contributed by atoms with Gasteiger partial charge in [-0.05, 0) is 19.3 Å².